The molecule has 0 aliphatic rings. The van der Waals surface area contributed by atoms with Crippen molar-refractivity contribution >= 4 is 17.9 Å². The summed E-state index contributed by atoms with van der Waals surface area (Å²) in [5.41, 5.74) is 9.22. The summed E-state index contributed by atoms with van der Waals surface area (Å²) in [7, 11) is 0. The van der Waals surface area contributed by atoms with Crippen LogP contribution in [0.2, 0.25) is 0 Å². The van der Waals surface area contributed by atoms with E-state index in [1.165, 1.54) is 13.3 Å². The fourth-order valence-electron chi connectivity index (χ4n) is 1.34. The molecule has 0 bridgehead atoms. The summed E-state index contributed by atoms with van der Waals surface area (Å²) in [6, 6.07) is 8.81. The van der Waals surface area contributed by atoms with Gasteiger partial charge in [0.2, 0.25) is 5.91 Å². The van der Waals surface area contributed by atoms with Crippen LogP contribution in [0.5, 0.6) is 0 Å². The maximum Gasteiger partial charge on any atom is 0.325 e. The number of rotatable bonds is 6. The van der Waals surface area contributed by atoms with Crippen LogP contribution in [0, 0.1) is 6.42 Å². The second-order valence-corrected chi connectivity index (χ2v) is 3.77. The zero-order chi connectivity index (χ0) is 13.4. The molecule has 0 heterocycles. The van der Waals surface area contributed by atoms with E-state index in [-0.39, 0.29) is 5.91 Å². The maximum atomic E-state index is 11.5. The maximum absolute atomic E-state index is 11.5. The average molecular weight is 244 g/mol. The van der Waals surface area contributed by atoms with Gasteiger partial charge in [0.05, 0.1) is 12.5 Å². The highest BCUT2D eigenvalue weighted by atomic mass is 16.2. The van der Waals surface area contributed by atoms with Gasteiger partial charge in [-0.2, -0.15) is 4.79 Å². The van der Waals surface area contributed by atoms with Gasteiger partial charge in [-0.25, -0.2) is 0 Å². The number of carbonyl (C=O) groups excluding carboxylic acids is 2. The normalized spacial score (nSPS) is 11.2. The molecule has 0 saturated heterocycles. The SMILES string of the molecule is CC(NC(=O)[CH]Cc1ccccc1)C(=O)C=[N+]=[N-]. The Balaban J connectivity index is 2.38. The fraction of sp³-hybridized carbons (Fsp3) is 0.231. The molecule has 1 radical (unpaired) electrons. The van der Waals surface area contributed by atoms with Gasteiger partial charge in [-0.3, -0.25) is 9.59 Å². The largest absolute Gasteiger partial charge is 0.361 e. The number of nitrogens with one attached hydrogen (secondary N) is 1. The number of ketones is 1. The summed E-state index contributed by atoms with van der Waals surface area (Å²) in [4.78, 5) is 25.3. The molecule has 1 aromatic carbocycles. The highest BCUT2D eigenvalue weighted by molar-refractivity contribution is 6.28. The van der Waals surface area contributed by atoms with E-state index in [2.05, 4.69) is 10.1 Å². The molecule has 0 aliphatic carbocycles. The molecular formula is C13H14N3O2. The lowest BCUT2D eigenvalue weighted by Crippen LogP contribution is -2.39. The molecule has 1 amide bonds. The van der Waals surface area contributed by atoms with Crippen LogP contribution < -0.4 is 5.32 Å². The van der Waals surface area contributed by atoms with Gasteiger partial charge in [0.1, 0.15) is 0 Å². The molecule has 1 N–H and O–H groups in total. The molecule has 5 nitrogen and oxygen atoms in total. The van der Waals surface area contributed by atoms with Gasteiger partial charge in [0.15, 0.2) is 0 Å². The lowest BCUT2D eigenvalue weighted by Gasteiger charge is -2.08. The third kappa shape index (κ3) is 4.72. The number of Topliss-reactive ketones (excluding diaryl/α,β-unsaturated/α-hetero) is 1. The Kier molecular flexibility index (Phi) is 5.48. The molecule has 1 atom stereocenters. The van der Waals surface area contributed by atoms with E-state index in [1.54, 1.807) is 0 Å². The summed E-state index contributed by atoms with van der Waals surface area (Å²) in [6.07, 6.45) is 2.74. The van der Waals surface area contributed by atoms with Crippen LogP contribution >= 0.6 is 0 Å². The molecule has 1 unspecified atom stereocenters. The summed E-state index contributed by atoms with van der Waals surface area (Å²) in [5.74, 6) is -0.787. The number of nitrogens with zero attached hydrogens (tertiary/aromatic N) is 2. The monoisotopic (exact) mass is 244 g/mol. The Morgan fingerprint density at radius 3 is 2.67 bits per heavy atom. The van der Waals surface area contributed by atoms with Gasteiger partial charge < -0.3 is 10.8 Å². The van der Waals surface area contributed by atoms with E-state index in [9.17, 15) is 9.59 Å². The van der Waals surface area contributed by atoms with Crippen LogP contribution in [-0.4, -0.2) is 28.7 Å². The first-order valence-corrected chi connectivity index (χ1v) is 5.52. The minimum Gasteiger partial charge on any atom is -0.361 e. The summed E-state index contributed by atoms with van der Waals surface area (Å²) >= 11 is 0. The highest BCUT2D eigenvalue weighted by Gasteiger charge is 2.16. The standard InChI is InChI=1S/C13H14N3O2/c1-10(12(17)9-15-14)16-13(18)8-7-11-5-3-2-4-6-11/h2-6,8-10H,7H2,1H3,(H,16,18). The minimum absolute atomic E-state index is 0.328. The molecule has 0 saturated carbocycles. The van der Waals surface area contributed by atoms with E-state index in [0.717, 1.165) is 11.8 Å². The van der Waals surface area contributed by atoms with E-state index >= 15 is 0 Å². The van der Waals surface area contributed by atoms with Crippen molar-refractivity contribution in [3.63, 3.8) is 0 Å². The molecule has 0 fully saturated rings. The van der Waals surface area contributed by atoms with Crippen LogP contribution in [0.4, 0.5) is 0 Å². The van der Waals surface area contributed by atoms with Crippen LogP contribution in [-0.2, 0) is 16.0 Å². The first kappa shape index (κ1) is 13.8. The molecular weight excluding hydrogens is 230 g/mol. The van der Waals surface area contributed by atoms with Gasteiger partial charge in [0.25, 0.3) is 5.78 Å². The van der Waals surface area contributed by atoms with Gasteiger partial charge in [-0.15, -0.1) is 0 Å². The molecule has 0 aliphatic heterocycles. The van der Waals surface area contributed by atoms with E-state index in [4.69, 9.17) is 5.53 Å². The topological polar surface area (TPSA) is 82.6 Å². The van der Waals surface area contributed by atoms with Gasteiger partial charge >= 0.3 is 6.21 Å². The Morgan fingerprint density at radius 1 is 1.39 bits per heavy atom. The Hall–Kier alpha value is -2.26. The van der Waals surface area contributed by atoms with Crippen molar-refractivity contribution in [2.24, 2.45) is 0 Å². The molecule has 1 rings (SSSR count). The fourth-order valence-corrected chi connectivity index (χ4v) is 1.34. The van der Waals surface area contributed by atoms with Gasteiger partial charge in [0, 0.05) is 0 Å². The predicted molar refractivity (Wildman–Crippen MR) is 66.7 cm³/mol. The number of amides is 1. The number of carbonyl (C=O) groups is 2. The molecule has 93 valence electrons. The minimum atomic E-state index is -0.708. The molecule has 0 spiro atoms. The zero-order valence-corrected chi connectivity index (χ0v) is 10.0. The van der Waals surface area contributed by atoms with Crippen LogP contribution in [0.25, 0.3) is 5.53 Å². The molecule has 0 aromatic heterocycles. The Bertz CT molecular complexity index is 464. The van der Waals surface area contributed by atoms with E-state index < -0.39 is 11.8 Å². The zero-order valence-electron chi connectivity index (χ0n) is 10.0. The van der Waals surface area contributed by atoms with Crippen LogP contribution in [0.3, 0.4) is 0 Å². The lowest BCUT2D eigenvalue weighted by molar-refractivity contribution is -0.123. The van der Waals surface area contributed by atoms with Crippen molar-refractivity contribution < 1.29 is 14.4 Å². The van der Waals surface area contributed by atoms with E-state index in [1.807, 2.05) is 30.3 Å². The Morgan fingerprint density at radius 2 is 2.06 bits per heavy atom. The van der Waals surface area contributed by atoms with Gasteiger partial charge in [-0.1, -0.05) is 30.3 Å². The van der Waals surface area contributed by atoms with Crippen LogP contribution in [0.15, 0.2) is 30.3 Å². The highest BCUT2D eigenvalue weighted by Crippen LogP contribution is 2.01. The Labute approximate surface area is 105 Å². The average Bonchev–Trinajstić information content (AvgIpc) is 2.38. The number of hydrogen-bond donors (Lipinski definition) is 1. The first-order chi connectivity index (χ1) is 8.63. The second-order valence-electron chi connectivity index (χ2n) is 3.77. The summed E-state index contributed by atoms with van der Waals surface area (Å²) in [6.45, 7) is 1.53. The number of hydrogen-bond acceptors (Lipinski definition) is 2. The smallest absolute Gasteiger partial charge is 0.325 e. The number of benzene rings is 1. The van der Waals surface area contributed by atoms with Crippen molar-refractivity contribution in [3.8, 4) is 0 Å². The molecule has 18 heavy (non-hydrogen) atoms. The van der Waals surface area contributed by atoms with Crippen LogP contribution in [0.1, 0.15) is 12.5 Å². The predicted octanol–water partition coefficient (Wildman–Crippen LogP) is 0.808. The molecule has 5 heteroatoms. The molecule has 1 aromatic rings. The van der Waals surface area contributed by atoms with Crippen molar-refractivity contribution in [3.05, 3.63) is 47.8 Å². The quantitative estimate of drug-likeness (QED) is 0.456. The third-order valence-corrected chi connectivity index (χ3v) is 2.34. The van der Waals surface area contributed by atoms with Crippen molar-refractivity contribution in [2.45, 2.75) is 19.4 Å². The second kappa shape index (κ2) is 7.14. The summed E-state index contributed by atoms with van der Waals surface area (Å²) in [5, 5.41) is 2.49. The lowest BCUT2D eigenvalue weighted by atomic mass is 10.1. The first-order valence-electron chi connectivity index (χ1n) is 5.52. The van der Waals surface area contributed by atoms with Crippen molar-refractivity contribution in [1.29, 1.82) is 0 Å². The van der Waals surface area contributed by atoms with Crippen molar-refractivity contribution in [2.75, 3.05) is 0 Å². The van der Waals surface area contributed by atoms with Crippen molar-refractivity contribution in [1.82, 2.24) is 5.32 Å². The van der Waals surface area contributed by atoms with E-state index in [0.29, 0.717) is 6.42 Å². The summed E-state index contributed by atoms with van der Waals surface area (Å²) < 4.78 is 0. The third-order valence-electron chi connectivity index (χ3n) is 2.34. The van der Waals surface area contributed by atoms with Gasteiger partial charge in [-0.05, 0) is 18.9 Å².